The first-order valence-electron chi connectivity index (χ1n) is 10.1. The lowest BCUT2D eigenvalue weighted by atomic mass is 10.1. The Morgan fingerprint density at radius 2 is 2.03 bits per heavy atom. The number of benzene rings is 1. The summed E-state index contributed by atoms with van der Waals surface area (Å²) >= 11 is 5.78. The van der Waals surface area contributed by atoms with Gasteiger partial charge in [-0.05, 0) is 6.07 Å². The Balaban J connectivity index is 1.24. The van der Waals surface area contributed by atoms with Crippen molar-refractivity contribution in [1.29, 1.82) is 0 Å². The fourth-order valence-corrected chi connectivity index (χ4v) is 5.09. The van der Waals surface area contributed by atoms with Crippen LogP contribution in [0.3, 0.4) is 0 Å². The second-order valence-electron chi connectivity index (χ2n) is 7.65. The van der Waals surface area contributed by atoms with Gasteiger partial charge in [0, 0.05) is 18.1 Å². The van der Waals surface area contributed by atoms with E-state index in [1.54, 1.807) is 0 Å². The van der Waals surface area contributed by atoms with Crippen LogP contribution in [0.25, 0.3) is 11.2 Å². The Hall–Kier alpha value is -2.09. The van der Waals surface area contributed by atoms with Gasteiger partial charge in [0.2, 0.25) is 0 Å². The average Bonchev–Trinajstić information content (AvgIpc) is 3.37. The van der Waals surface area contributed by atoms with Crippen LogP contribution in [0, 0.1) is 11.6 Å². The lowest BCUT2D eigenvalue weighted by molar-refractivity contribution is -0.0530. The third-order valence-corrected chi connectivity index (χ3v) is 6.99. The maximum Gasteiger partial charge on any atom is 0.333 e. The van der Waals surface area contributed by atoms with Crippen molar-refractivity contribution < 1.29 is 37.3 Å². The van der Waals surface area contributed by atoms with Gasteiger partial charge in [0.05, 0.1) is 30.7 Å². The molecule has 5 rings (SSSR count). The number of rotatable bonds is 5. The van der Waals surface area contributed by atoms with Crippen LogP contribution in [0.1, 0.15) is 24.3 Å². The Kier molecular flexibility index (Phi) is 6.62. The fourth-order valence-electron chi connectivity index (χ4n) is 3.77. The predicted molar refractivity (Wildman–Crippen MR) is 114 cm³/mol. The molecule has 182 valence electrons. The second-order valence-corrected chi connectivity index (χ2v) is 9.23. The number of nitrogens with two attached hydrogens (primary N) is 1. The minimum atomic E-state index is -1.94. The first kappa shape index (κ1) is 23.6. The molecule has 2 aliphatic rings. The minimum Gasteiger partial charge on any atom is -0.387 e. The molecular formula is C19H19ClF2N5O6P. The standard InChI is InChI=1S/C19H19ClF2N5O6P/c20-9-3-8(10(21)4-11(9)22)12-1-2-30-34(33-12)31-5-13-15(28)16(29)19(32-13)27-7-26-14-17(23)24-6-25-18(14)27/h3-4,6-7,12-13,15-16,19,28-29H,1-2,5H2,(H2,23,24,25)/t12?,13-,15-,16-,19-,34?/m1/s1. The van der Waals surface area contributed by atoms with Gasteiger partial charge >= 0.3 is 8.60 Å². The van der Waals surface area contributed by atoms with E-state index < -0.39 is 50.9 Å². The Labute approximate surface area is 197 Å². The summed E-state index contributed by atoms with van der Waals surface area (Å²) in [6.07, 6.45) is -2.38. The van der Waals surface area contributed by atoms with Crippen molar-refractivity contribution in [1.82, 2.24) is 19.5 Å². The smallest absolute Gasteiger partial charge is 0.333 e. The molecule has 3 aromatic rings. The number of hydrogen-bond donors (Lipinski definition) is 3. The summed E-state index contributed by atoms with van der Waals surface area (Å²) in [5.74, 6) is -1.49. The number of aliphatic hydroxyl groups is 2. The fraction of sp³-hybridized carbons (Fsp3) is 0.421. The largest absolute Gasteiger partial charge is 0.387 e. The van der Waals surface area contributed by atoms with Crippen molar-refractivity contribution >= 4 is 37.2 Å². The number of nitrogen functional groups attached to an aromatic ring is 1. The van der Waals surface area contributed by atoms with Crippen molar-refractivity contribution in [2.75, 3.05) is 18.9 Å². The number of hydrogen-bond acceptors (Lipinski definition) is 10. The highest BCUT2D eigenvalue weighted by atomic mass is 35.5. The van der Waals surface area contributed by atoms with Crippen molar-refractivity contribution in [3.8, 4) is 0 Å². The predicted octanol–water partition coefficient (Wildman–Crippen LogP) is 2.38. The third kappa shape index (κ3) is 4.34. The highest BCUT2D eigenvalue weighted by Gasteiger charge is 2.45. The van der Waals surface area contributed by atoms with Crippen LogP contribution in [0.2, 0.25) is 5.02 Å². The summed E-state index contributed by atoms with van der Waals surface area (Å²) in [5.41, 5.74) is 6.54. The van der Waals surface area contributed by atoms with E-state index in [2.05, 4.69) is 15.0 Å². The zero-order chi connectivity index (χ0) is 24.0. The van der Waals surface area contributed by atoms with Crippen LogP contribution < -0.4 is 5.73 Å². The average molecular weight is 518 g/mol. The molecule has 4 heterocycles. The molecule has 0 saturated carbocycles. The first-order chi connectivity index (χ1) is 16.3. The van der Waals surface area contributed by atoms with Crippen molar-refractivity contribution in [3.05, 3.63) is 47.0 Å². The van der Waals surface area contributed by atoms with Gasteiger partial charge in [-0.2, -0.15) is 0 Å². The number of fused-ring (bicyclic) bond motifs is 1. The third-order valence-electron chi connectivity index (χ3n) is 5.52. The number of ether oxygens (including phenoxy) is 1. The summed E-state index contributed by atoms with van der Waals surface area (Å²) in [6.45, 7) is 0.00977. The van der Waals surface area contributed by atoms with Gasteiger partial charge in [-0.15, -0.1) is 0 Å². The second kappa shape index (κ2) is 9.51. The molecule has 2 fully saturated rings. The van der Waals surface area contributed by atoms with Crippen LogP contribution in [-0.4, -0.2) is 61.3 Å². The first-order valence-corrected chi connectivity index (χ1v) is 11.6. The molecular weight excluding hydrogens is 499 g/mol. The number of aromatic nitrogens is 4. The van der Waals surface area contributed by atoms with Gasteiger partial charge in [0.1, 0.15) is 41.8 Å². The van der Waals surface area contributed by atoms with Gasteiger partial charge in [-0.25, -0.2) is 23.7 Å². The molecule has 0 bridgehead atoms. The van der Waals surface area contributed by atoms with E-state index in [4.69, 9.17) is 35.6 Å². The summed E-state index contributed by atoms with van der Waals surface area (Å²) in [4.78, 5) is 12.1. The van der Waals surface area contributed by atoms with Gasteiger partial charge < -0.3 is 34.3 Å². The van der Waals surface area contributed by atoms with Crippen LogP contribution in [0.4, 0.5) is 14.6 Å². The highest BCUT2D eigenvalue weighted by molar-refractivity contribution is 7.41. The number of halogens is 3. The van der Waals surface area contributed by atoms with Crippen molar-refractivity contribution in [2.45, 2.75) is 37.1 Å². The lowest BCUT2D eigenvalue weighted by Crippen LogP contribution is -2.33. The Morgan fingerprint density at radius 3 is 2.85 bits per heavy atom. The van der Waals surface area contributed by atoms with Crippen molar-refractivity contribution in [3.63, 3.8) is 0 Å². The number of aliphatic hydroxyl groups excluding tert-OH is 2. The number of nitrogens with zero attached hydrogens (tertiary/aromatic N) is 4. The SMILES string of the molecule is Nc1ncnc2c1ncn2[C@@H]1O[C@H](COP2OCCC(c3cc(Cl)c(F)cc3F)O2)[C@@H](O)[C@H]1O. The molecule has 2 unspecified atom stereocenters. The zero-order valence-corrected chi connectivity index (χ0v) is 18.9. The lowest BCUT2D eigenvalue weighted by Gasteiger charge is -2.29. The van der Waals surface area contributed by atoms with E-state index >= 15 is 0 Å². The van der Waals surface area contributed by atoms with Gasteiger partial charge in [0.15, 0.2) is 17.7 Å². The molecule has 4 N–H and O–H groups in total. The maximum absolute atomic E-state index is 14.2. The highest BCUT2D eigenvalue weighted by Crippen LogP contribution is 2.50. The molecule has 0 radical (unpaired) electrons. The van der Waals surface area contributed by atoms with Crippen LogP contribution in [-0.2, 0) is 18.3 Å². The molecule has 2 aliphatic heterocycles. The molecule has 0 spiro atoms. The normalized spacial score (nSPS) is 29.7. The van der Waals surface area contributed by atoms with E-state index in [9.17, 15) is 19.0 Å². The summed E-state index contributed by atoms with van der Waals surface area (Å²) in [5, 5.41) is 20.8. The maximum atomic E-state index is 14.2. The molecule has 34 heavy (non-hydrogen) atoms. The molecule has 11 nitrogen and oxygen atoms in total. The molecule has 6 atom stereocenters. The minimum absolute atomic E-state index is 0.0895. The molecule has 15 heteroatoms. The van der Waals surface area contributed by atoms with Gasteiger partial charge in [-0.1, -0.05) is 11.6 Å². The van der Waals surface area contributed by atoms with Crippen molar-refractivity contribution in [2.24, 2.45) is 0 Å². The van der Waals surface area contributed by atoms with E-state index in [1.165, 1.54) is 23.3 Å². The monoisotopic (exact) mass is 517 g/mol. The molecule has 2 saturated heterocycles. The Morgan fingerprint density at radius 1 is 1.21 bits per heavy atom. The van der Waals surface area contributed by atoms with Gasteiger partial charge in [-0.3, -0.25) is 4.57 Å². The molecule has 0 aliphatic carbocycles. The van der Waals surface area contributed by atoms with Crippen LogP contribution in [0.15, 0.2) is 24.8 Å². The zero-order valence-electron chi connectivity index (χ0n) is 17.3. The quantitative estimate of drug-likeness (QED) is 0.340. The summed E-state index contributed by atoms with van der Waals surface area (Å²) in [7, 11) is -1.94. The molecule has 0 amide bonds. The van der Waals surface area contributed by atoms with E-state index in [1.807, 2.05) is 0 Å². The van der Waals surface area contributed by atoms with E-state index in [-0.39, 0.29) is 29.6 Å². The van der Waals surface area contributed by atoms with Crippen LogP contribution >= 0.6 is 20.2 Å². The number of anilines is 1. The topological polar surface area (TPSA) is 147 Å². The molecule has 1 aromatic carbocycles. The summed E-state index contributed by atoms with van der Waals surface area (Å²) < 4.78 is 51.7. The number of imidazole rings is 1. The van der Waals surface area contributed by atoms with Gasteiger partial charge in [0.25, 0.3) is 0 Å². The van der Waals surface area contributed by atoms with E-state index in [0.29, 0.717) is 23.7 Å². The van der Waals surface area contributed by atoms with Crippen LogP contribution in [0.5, 0.6) is 0 Å². The Bertz CT molecular complexity index is 1210. The van der Waals surface area contributed by atoms with E-state index in [0.717, 1.165) is 0 Å². The summed E-state index contributed by atoms with van der Waals surface area (Å²) in [6, 6.07) is 1.87. The molecule has 2 aromatic heterocycles.